The van der Waals surface area contributed by atoms with Crippen molar-refractivity contribution in [1.82, 2.24) is 5.32 Å². The number of benzene rings is 2. The van der Waals surface area contributed by atoms with E-state index in [2.05, 4.69) is 5.32 Å². The van der Waals surface area contributed by atoms with Crippen LogP contribution in [0.5, 0.6) is 5.75 Å². The molecule has 1 fully saturated rings. The molecule has 0 bridgehead atoms. The van der Waals surface area contributed by atoms with E-state index >= 15 is 0 Å². The maximum absolute atomic E-state index is 12.3. The van der Waals surface area contributed by atoms with Crippen molar-refractivity contribution >= 4 is 22.8 Å². The van der Waals surface area contributed by atoms with Gasteiger partial charge in [-0.1, -0.05) is 32.0 Å². The average molecular weight is 346 g/mol. The second-order valence-electron chi connectivity index (χ2n) is 4.96. The van der Waals surface area contributed by atoms with Crippen LogP contribution in [0.25, 0.3) is 0 Å². The minimum absolute atomic E-state index is 0.106. The second kappa shape index (κ2) is 8.49. The number of carbonyl (C=O) groups is 1. The van der Waals surface area contributed by atoms with E-state index in [-0.39, 0.29) is 6.03 Å². The lowest BCUT2D eigenvalue weighted by Gasteiger charge is -2.14. The molecule has 0 aromatic heterocycles. The molecule has 0 aliphatic carbocycles. The summed E-state index contributed by atoms with van der Waals surface area (Å²) in [5, 5.41) is 2.75. The summed E-state index contributed by atoms with van der Waals surface area (Å²) in [6.07, 6.45) is 0. The van der Waals surface area contributed by atoms with Crippen molar-refractivity contribution in [3.8, 4) is 5.75 Å². The Balaban J connectivity index is 0.00000100. The first-order chi connectivity index (χ1) is 11.6. The number of nitrogens with zero attached hydrogens (tertiary/aromatic N) is 1. The van der Waals surface area contributed by atoms with Gasteiger partial charge >= 0.3 is 6.03 Å². The molecule has 24 heavy (non-hydrogen) atoms. The van der Waals surface area contributed by atoms with Crippen molar-refractivity contribution in [3.05, 3.63) is 54.1 Å². The maximum Gasteiger partial charge on any atom is 0.321 e. The highest BCUT2D eigenvalue weighted by molar-refractivity contribution is 7.80. The van der Waals surface area contributed by atoms with Crippen LogP contribution in [0.1, 0.15) is 19.4 Å². The molecule has 6 heteroatoms. The summed E-state index contributed by atoms with van der Waals surface area (Å²) in [6.45, 7) is 7.19. The SMILES string of the molecule is CC.Cc1ccccc1OS(=O)c1ccc(N2CCNC2=O)cc1. The van der Waals surface area contributed by atoms with Gasteiger partial charge in [0.2, 0.25) is 11.1 Å². The van der Waals surface area contributed by atoms with Gasteiger partial charge < -0.3 is 9.50 Å². The first-order valence-electron chi connectivity index (χ1n) is 7.96. The fraction of sp³-hybridized carbons (Fsp3) is 0.278. The van der Waals surface area contributed by atoms with E-state index in [1.807, 2.05) is 39.0 Å². The Kier molecular flexibility index (Phi) is 6.37. The molecule has 1 saturated heterocycles. The van der Waals surface area contributed by atoms with Gasteiger partial charge in [0.1, 0.15) is 5.75 Å². The third kappa shape index (κ3) is 4.14. The standard InChI is InChI=1S/C16H16N2O3S.C2H6/c1-12-4-2-3-5-15(12)21-22(20)14-8-6-13(7-9-14)18-11-10-17-16(18)19;1-2/h2-9H,10-11H2,1H3,(H,17,19);1-2H3. The Morgan fingerprint density at radius 1 is 1.08 bits per heavy atom. The largest absolute Gasteiger partial charge is 0.397 e. The van der Waals surface area contributed by atoms with E-state index in [4.69, 9.17) is 4.18 Å². The third-order valence-electron chi connectivity index (χ3n) is 3.46. The van der Waals surface area contributed by atoms with Gasteiger partial charge in [-0.15, -0.1) is 0 Å². The Labute approximate surface area is 145 Å². The van der Waals surface area contributed by atoms with Crippen LogP contribution in [0, 0.1) is 6.92 Å². The van der Waals surface area contributed by atoms with Crippen molar-refractivity contribution in [2.24, 2.45) is 0 Å². The molecule has 1 atom stereocenters. The van der Waals surface area contributed by atoms with E-state index in [1.54, 1.807) is 35.2 Å². The molecule has 1 aliphatic heterocycles. The van der Waals surface area contributed by atoms with Gasteiger partial charge in [0.25, 0.3) is 0 Å². The van der Waals surface area contributed by atoms with Crippen LogP contribution in [-0.4, -0.2) is 23.3 Å². The summed E-state index contributed by atoms with van der Waals surface area (Å²) >= 11 is -1.58. The minimum Gasteiger partial charge on any atom is -0.397 e. The number of rotatable bonds is 4. The Bertz CT molecular complexity index is 716. The molecule has 128 valence electrons. The highest BCUT2D eigenvalue weighted by Crippen LogP contribution is 2.22. The van der Waals surface area contributed by atoms with Crippen molar-refractivity contribution < 1.29 is 13.2 Å². The molecule has 3 rings (SSSR count). The van der Waals surface area contributed by atoms with E-state index < -0.39 is 11.1 Å². The van der Waals surface area contributed by atoms with Gasteiger partial charge in [-0.3, -0.25) is 4.90 Å². The lowest BCUT2D eigenvalue weighted by atomic mass is 10.2. The summed E-state index contributed by atoms with van der Waals surface area (Å²) in [5.74, 6) is 0.601. The first-order valence-corrected chi connectivity index (χ1v) is 9.04. The van der Waals surface area contributed by atoms with E-state index in [0.717, 1.165) is 11.3 Å². The predicted molar refractivity (Wildman–Crippen MR) is 96.8 cm³/mol. The third-order valence-corrected chi connectivity index (χ3v) is 4.44. The van der Waals surface area contributed by atoms with Crippen LogP contribution in [0.2, 0.25) is 0 Å². The Hall–Kier alpha value is -2.34. The maximum atomic E-state index is 12.3. The molecule has 0 saturated carbocycles. The summed E-state index contributed by atoms with van der Waals surface area (Å²) in [5.41, 5.74) is 1.72. The summed E-state index contributed by atoms with van der Waals surface area (Å²) < 4.78 is 17.8. The molecule has 1 heterocycles. The molecule has 2 aromatic carbocycles. The Morgan fingerprint density at radius 2 is 1.75 bits per heavy atom. The number of hydrogen-bond acceptors (Lipinski definition) is 3. The fourth-order valence-electron chi connectivity index (χ4n) is 2.23. The first kappa shape index (κ1) is 18.0. The summed E-state index contributed by atoms with van der Waals surface area (Å²) in [4.78, 5) is 13.8. The smallest absolute Gasteiger partial charge is 0.321 e. The molecule has 0 spiro atoms. The summed E-state index contributed by atoms with van der Waals surface area (Å²) in [6, 6.07) is 14.3. The number of para-hydroxylation sites is 1. The quantitative estimate of drug-likeness (QED) is 0.919. The fourth-order valence-corrected chi connectivity index (χ4v) is 3.04. The number of anilines is 1. The van der Waals surface area contributed by atoms with Crippen molar-refractivity contribution in [3.63, 3.8) is 0 Å². The van der Waals surface area contributed by atoms with Crippen molar-refractivity contribution in [2.45, 2.75) is 25.7 Å². The second-order valence-corrected chi connectivity index (χ2v) is 6.07. The zero-order valence-corrected chi connectivity index (χ0v) is 14.9. The summed E-state index contributed by atoms with van der Waals surface area (Å²) in [7, 11) is 0. The van der Waals surface area contributed by atoms with Gasteiger partial charge in [-0.25, -0.2) is 9.00 Å². The van der Waals surface area contributed by atoms with Crippen molar-refractivity contribution in [1.29, 1.82) is 0 Å². The molecule has 5 nitrogen and oxygen atoms in total. The lowest BCUT2D eigenvalue weighted by Crippen LogP contribution is -2.27. The topological polar surface area (TPSA) is 58.6 Å². The van der Waals surface area contributed by atoms with Crippen LogP contribution < -0.4 is 14.4 Å². The predicted octanol–water partition coefficient (Wildman–Crippen LogP) is 3.65. The van der Waals surface area contributed by atoms with Crippen LogP contribution in [0.15, 0.2) is 53.4 Å². The highest BCUT2D eigenvalue weighted by Gasteiger charge is 2.21. The molecule has 1 unspecified atom stereocenters. The van der Waals surface area contributed by atoms with Gasteiger partial charge in [0.05, 0.1) is 4.90 Å². The minimum atomic E-state index is -1.58. The Morgan fingerprint density at radius 3 is 2.33 bits per heavy atom. The normalized spacial score (nSPS) is 14.5. The monoisotopic (exact) mass is 346 g/mol. The molecular formula is C18H22N2O3S. The van der Waals surface area contributed by atoms with Gasteiger partial charge in [0.15, 0.2) is 0 Å². The van der Waals surface area contributed by atoms with Crippen LogP contribution in [-0.2, 0) is 11.1 Å². The van der Waals surface area contributed by atoms with Crippen LogP contribution in [0.3, 0.4) is 0 Å². The van der Waals surface area contributed by atoms with E-state index in [1.165, 1.54) is 0 Å². The molecule has 1 aliphatic rings. The van der Waals surface area contributed by atoms with E-state index in [0.29, 0.717) is 23.7 Å². The van der Waals surface area contributed by atoms with Crippen LogP contribution in [0.4, 0.5) is 10.5 Å². The van der Waals surface area contributed by atoms with E-state index in [9.17, 15) is 9.00 Å². The number of urea groups is 1. The molecule has 2 aromatic rings. The number of nitrogens with one attached hydrogen (secondary N) is 1. The highest BCUT2D eigenvalue weighted by atomic mass is 32.2. The average Bonchev–Trinajstić information content (AvgIpc) is 3.05. The lowest BCUT2D eigenvalue weighted by molar-refractivity contribution is 0.252. The molecule has 1 N–H and O–H groups in total. The molecule has 0 radical (unpaired) electrons. The number of amides is 2. The van der Waals surface area contributed by atoms with Crippen molar-refractivity contribution in [2.75, 3.05) is 18.0 Å². The number of hydrogen-bond donors (Lipinski definition) is 1. The molecular weight excluding hydrogens is 324 g/mol. The van der Waals surface area contributed by atoms with Gasteiger partial charge in [-0.05, 0) is 42.8 Å². The zero-order chi connectivity index (χ0) is 17.5. The zero-order valence-electron chi connectivity index (χ0n) is 14.1. The van der Waals surface area contributed by atoms with Gasteiger partial charge in [0, 0.05) is 18.8 Å². The van der Waals surface area contributed by atoms with Crippen LogP contribution >= 0.6 is 0 Å². The van der Waals surface area contributed by atoms with Gasteiger partial charge in [-0.2, -0.15) is 0 Å². The number of aryl methyl sites for hydroxylation is 1. The molecule has 2 amide bonds. The number of carbonyl (C=O) groups excluding carboxylic acids is 1.